The predicted molar refractivity (Wildman–Crippen MR) is 154 cm³/mol. The van der Waals surface area contributed by atoms with Gasteiger partial charge in [0.1, 0.15) is 11.5 Å². The van der Waals surface area contributed by atoms with Gasteiger partial charge in [-0.15, -0.1) is 0 Å². The van der Waals surface area contributed by atoms with Gasteiger partial charge in [-0.25, -0.2) is 0 Å². The zero-order chi connectivity index (χ0) is 27.5. The topological polar surface area (TPSA) is 71.1 Å². The number of methoxy groups -OCH3 is 2. The van der Waals surface area contributed by atoms with E-state index in [-0.39, 0.29) is 11.8 Å². The van der Waals surface area contributed by atoms with E-state index >= 15 is 0 Å². The number of carbonyl (C=O) groups excluding carboxylic acids is 2. The SMILES string of the molecule is COc1ccc(C2C(C(=O)Nc3ccc(N(C)C)cc3)c3ccccc3C(=O)N2c2ccc(OC)cc2)cc1. The number of nitrogens with zero attached hydrogens (tertiary/aromatic N) is 2. The van der Waals surface area contributed by atoms with Gasteiger partial charge in [-0.2, -0.15) is 0 Å². The Morgan fingerprint density at radius 2 is 1.38 bits per heavy atom. The molecule has 0 bridgehead atoms. The summed E-state index contributed by atoms with van der Waals surface area (Å²) in [5, 5.41) is 3.11. The van der Waals surface area contributed by atoms with E-state index in [0.29, 0.717) is 34.0 Å². The lowest BCUT2D eigenvalue weighted by Crippen LogP contribution is -2.46. The van der Waals surface area contributed by atoms with Gasteiger partial charge in [-0.1, -0.05) is 30.3 Å². The number of fused-ring (bicyclic) bond motifs is 1. The van der Waals surface area contributed by atoms with Gasteiger partial charge in [0.2, 0.25) is 5.91 Å². The molecule has 0 saturated heterocycles. The zero-order valence-electron chi connectivity index (χ0n) is 22.4. The molecule has 2 amide bonds. The normalized spacial score (nSPS) is 16.3. The minimum atomic E-state index is -0.678. The summed E-state index contributed by atoms with van der Waals surface area (Å²) in [5.41, 5.74) is 4.39. The van der Waals surface area contributed by atoms with Crippen molar-refractivity contribution in [2.75, 3.05) is 43.4 Å². The highest BCUT2D eigenvalue weighted by Crippen LogP contribution is 2.46. The summed E-state index contributed by atoms with van der Waals surface area (Å²) in [6, 6.07) is 29.3. The molecule has 198 valence electrons. The maximum Gasteiger partial charge on any atom is 0.259 e. The summed E-state index contributed by atoms with van der Waals surface area (Å²) in [4.78, 5) is 31.9. The molecule has 0 radical (unpaired) electrons. The van der Waals surface area contributed by atoms with Crippen molar-refractivity contribution >= 4 is 28.9 Å². The van der Waals surface area contributed by atoms with E-state index in [2.05, 4.69) is 5.32 Å². The maximum absolute atomic E-state index is 14.1. The minimum Gasteiger partial charge on any atom is -0.497 e. The number of rotatable bonds is 7. The van der Waals surface area contributed by atoms with Crippen molar-refractivity contribution in [2.24, 2.45) is 0 Å². The zero-order valence-corrected chi connectivity index (χ0v) is 22.4. The maximum atomic E-state index is 14.1. The summed E-state index contributed by atoms with van der Waals surface area (Å²) in [5.74, 6) is 0.324. The highest BCUT2D eigenvalue weighted by atomic mass is 16.5. The van der Waals surface area contributed by atoms with Crippen LogP contribution in [0.25, 0.3) is 0 Å². The van der Waals surface area contributed by atoms with Gasteiger partial charge >= 0.3 is 0 Å². The van der Waals surface area contributed by atoms with E-state index in [9.17, 15) is 9.59 Å². The van der Waals surface area contributed by atoms with E-state index in [1.807, 2.05) is 110 Å². The van der Waals surface area contributed by atoms with Crippen LogP contribution in [-0.4, -0.2) is 40.1 Å². The monoisotopic (exact) mass is 521 g/mol. The molecule has 1 aliphatic rings. The third-order valence-electron chi connectivity index (χ3n) is 7.08. The molecule has 39 heavy (non-hydrogen) atoms. The van der Waals surface area contributed by atoms with Gasteiger partial charge in [-0.05, 0) is 77.9 Å². The smallest absolute Gasteiger partial charge is 0.259 e. The Hall–Kier alpha value is -4.78. The van der Waals surface area contributed by atoms with Crippen molar-refractivity contribution in [3.05, 3.63) is 114 Å². The van der Waals surface area contributed by atoms with Gasteiger partial charge in [0, 0.05) is 36.7 Å². The van der Waals surface area contributed by atoms with Crippen molar-refractivity contribution in [3.8, 4) is 11.5 Å². The Balaban J connectivity index is 1.64. The molecular formula is C32H31N3O4. The minimum absolute atomic E-state index is 0.170. The highest BCUT2D eigenvalue weighted by molar-refractivity contribution is 6.12. The Labute approximate surface area is 228 Å². The molecule has 2 unspecified atom stereocenters. The van der Waals surface area contributed by atoms with Crippen molar-refractivity contribution in [3.63, 3.8) is 0 Å². The second kappa shape index (κ2) is 10.9. The lowest BCUT2D eigenvalue weighted by atomic mass is 9.78. The standard InChI is InChI=1S/C32H31N3O4/c1-34(2)23-13-11-22(12-14-23)33-31(36)29-27-7-5-6-8-28(27)32(37)35(24-15-19-26(39-4)20-16-24)30(29)21-9-17-25(38-3)18-10-21/h5-20,29-30H,1-4H3,(H,33,36). The van der Waals surface area contributed by atoms with Crippen LogP contribution in [0.3, 0.4) is 0 Å². The molecule has 1 aliphatic heterocycles. The van der Waals surface area contributed by atoms with Crippen LogP contribution in [0.15, 0.2) is 97.1 Å². The lowest BCUT2D eigenvalue weighted by Gasteiger charge is -2.42. The summed E-state index contributed by atoms with van der Waals surface area (Å²) in [7, 11) is 7.15. The van der Waals surface area contributed by atoms with Gasteiger partial charge in [0.15, 0.2) is 0 Å². The number of hydrogen-bond donors (Lipinski definition) is 1. The van der Waals surface area contributed by atoms with E-state index in [1.165, 1.54) is 0 Å². The number of amides is 2. The molecule has 1 heterocycles. The molecule has 0 aliphatic carbocycles. The van der Waals surface area contributed by atoms with Crippen LogP contribution in [-0.2, 0) is 4.79 Å². The lowest BCUT2D eigenvalue weighted by molar-refractivity contribution is -0.118. The van der Waals surface area contributed by atoms with Gasteiger partial charge in [0.25, 0.3) is 5.91 Å². The molecule has 5 rings (SSSR count). The first-order chi connectivity index (χ1) is 18.9. The second-order valence-electron chi connectivity index (χ2n) is 9.59. The van der Waals surface area contributed by atoms with E-state index in [1.54, 1.807) is 25.2 Å². The van der Waals surface area contributed by atoms with Crippen LogP contribution in [0.4, 0.5) is 17.1 Å². The Morgan fingerprint density at radius 1 is 0.795 bits per heavy atom. The summed E-state index contributed by atoms with van der Waals surface area (Å²) >= 11 is 0. The number of hydrogen-bond acceptors (Lipinski definition) is 5. The summed E-state index contributed by atoms with van der Waals surface area (Å²) < 4.78 is 10.7. The first kappa shape index (κ1) is 25.9. The van der Waals surface area contributed by atoms with E-state index in [4.69, 9.17) is 9.47 Å². The van der Waals surface area contributed by atoms with Crippen molar-refractivity contribution in [1.29, 1.82) is 0 Å². The molecule has 0 saturated carbocycles. The van der Waals surface area contributed by atoms with Gasteiger partial charge in [0.05, 0.1) is 26.2 Å². The third-order valence-corrected chi connectivity index (χ3v) is 7.08. The largest absolute Gasteiger partial charge is 0.497 e. The quantitative estimate of drug-likeness (QED) is 0.328. The number of carbonyl (C=O) groups is 2. The molecule has 7 nitrogen and oxygen atoms in total. The Morgan fingerprint density at radius 3 is 1.97 bits per heavy atom. The molecule has 2 atom stereocenters. The third kappa shape index (κ3) is 5.03. The fraction of sp³-hybridized carbons (Fsp3) is 0.188. The predicted octanol–water partition coefficient (Wildman–Crippen LogP) is 5.89. The molecular weight excluding hydrogens is 490 g/mol. The molecule has 4 aromatic carbocycles. The Bertz CT molecular complexity index is 1470. The van der Waals surface area contributed by atoms with Crippen molar-refractivity contribution in [2.45, 2.75) is 12.0 Å². The average Bonchev–Trinajstić information content (AvgIpc) is 2.97. The molecule has 0 aromatic heterocycles. The first-order valence-corrected chi connectivity index (χ1v) is 12.7. The van der Waals surface area contributed by atoms with Crippen LogP contribution >= 0.6 is 0 Å². The molecule has 0 fully saturated rings. The fourth-order valence-electron chi connectivity index (χ4n) is 5.05. The number of anilines is 3. The second-order valence-corrected chi connectivity index (χ2v) is 9.59. The van der Waals surface area contributed by atoms with Gasteiger partial charge < -0.3 is 19.7 Å². The van der Waals surface area contributed by atoms with Crippen LogP contribution in [0.2, 0.25) is 0 Å². The Kier molecular flexibility index (Phi) is 7.23. The van der Waals surface area contributed by atoms with Crippen LogP contribution in [0.1, 0.15) is 33.4 Å². The first-order valence-electron chi connectivity index (χ1n) is 12.7. The van der Waals surface area contributed by atoms with Crippen LogP contribution in [0, 0.1) is 0 Å². The van der Waals surface area contributed by atoms with Crippen molar-refractivity contribution in [1.82, 2.24) is 0 Å². The molecule has 1 N–H and O–H groups in total. The number of nitrogens with one attached hydrogen (secondary N) is 1. The number of benzene rings is 4. The van der Waals surface area contributed by atoms with E-state index in [0.717, 1.165) is 11.3 Å². The highest BCUT2D eigenvalue weighted by Gasteiger charge is 2.45. The molecule has 4 aromatic rings. The number of ether oxygens (including phenoxy) is 2. The molecule has 0 spiro atoms. The summed E-state index contributed by atoms with van der Waals surface area (Å²) in [6.45, 7) is 0. The average molecular weight is 522 g/mol. The van der Waals surface area contributed by atoms with Gasteiger partial charge in [-0.3, -0.25) is 14.5 Å². The van der Waals surface area contributed by atoms with Crippen molar-refractivity contribution < 1.29 is 19.1 Å². The summed E-state index contributed by atoms with van der Waals surface area (Å²) in [6.07, 6.45) is 0. The molecule has 7 heteroatoms. The van der Waals surface area contributed by atoms with Crippen LogP contribution in [0.5, 0.6) is 11.5 Å². The fourth-order valence-corrected chi connectivity index (χ4v) is 5.05. The van der Waals surface area contributed by atoms with Crippen LogP contribution < -0.4 is 24.6 Å². The van der Waals surface area contributed by atoms with E-state index < -0.39 is 12.0 Å².